The Kier molecular flexibility index (Phi) is 5.19. The second-order valence-electron chi connectivity index (χ2n) is 6.77. The average molecular weight is 330 g/mol. The van der Waals surface area contributed by atoms with Gasteiger partial charge in [-0.25, -0.2) is 0 Å². The zero-order chi connectivity index (χ0) is 17.0. The van der Waals surface area contributed by atoms with E-state index in [1.807, 2.05) is 19.1 Å². The van der Waals surface area contributed by atoms with Crippen molar-refractivity contribution in [2.45, 2.75) is 45.6 Å². The van der Waals surface area contributed by atoms with Crippen molar-refractivity contribution in [3.8, 4) is 0 Å². The normalized spacial score (nSPS) is 26.6. The topological polar surface area (TPSA) is 59.9 Å². The third-order valence-electron chi connectivity index (χ3n) is 4.99. The molecule has 0 spiro atoms. The summed E-state index contributed by atoms with van der Waals surface area (Å²) >= 11 is 0. The van der Waals surface area contributed by atoms with Gasteiger partial charge < -0.3 is 14.9 Å². The summed E-state index contributed by atoms with van der Waals surface area (Å²) in [5.74, 6) is -0.106. The molecule has 3 rings (SSSR count). The molecule has 2 aliphatic rings. The van der Waals surface area contributed by atoms with Gasteiger partial charge in [-0.05, 0) is 38.8 Å². The Hall–Kier alpha value is -1.88. The Morgan fingerprint density at radius 2 is 2.29 bits per heavy atom. The third-order valence-corrected chi connectivity index (χ3v) is 4.99. The van der Waals surface area contributed by atoms with Crippen molar-refractivity contribution in [3.63, 3.8) is 0 Å². The summed E-state index contributed by atoms with van der Waals surface area (Å²) in [4.78, 5) is 18.2. The fourth-order valence-corrected chi connectivity index (χ4v) is 3.71. The van der Waals surface area contributed by atoms with Crippen LogP contribution in [0.25, 0.3) is 0 Å². The lowest BCUT2D eigenvalue weighted by atomic mass is 9.75. The van der Waals surface area contributed by atoms with Crippen molar-refractivity contribution in [1.29, 1.82) is 0 Å². The molecule has 0 amide bonds. The van der Waals surface area contributed by atoms with Gasteiger partial charge in [0.15, 0.2) is 0 Å². The van der Waals surface area contributed by atoms with Gasteiger partial charge in [-0.2, -0.15) is 0 Å². The molecule has 1 aromatic carbocycles. The molecule has 24 heavy (non-hydrogen) atoms. The standard InChI is InChI=1S/C19H26N2O3/c1-3-23-18(22)19(9-6-10-20-13-19)12-15-11-17(21-24-15)16-8-5-4-7-14(16)2/h4-5,7-8,15,20H,3,6,9-13H2,1-2H3/t15-,19-/m1/s1. The Labute approximate surface area is 143 Å². The molecule has 5 heteroatoms. The molecular formula is C19H26N2O3. The summed E-state index contributed by atoms with van der Waals surface area (Å²) in [5.41, 5.74) is 2.81. The maximum Gasteiger partial charge on any atom is 0.313 e. The number of hydrogen-bond donors (Lipinski definition) is 1. The van der Waals surface area contributed by atoms with Crippen LogP contribution in [0.2, 0.25) is 0 Å². The molecule has 1 N–H and O–H groups in total. The van der Waals surface area contributed by atoms with Crippen molar-refractivity contribution in [2.24, 2.45) is 10.6 Å². The summed E-state index contributed by atoms with van der Waals surface area (Å²) < 4.78 is 5.35. The van der Waals surface area contributed by atoms with E-state index in [1.165, 1.54) is 5.56 Å². The number of oxime groups is 1. The summed E-state index contributed by atoms with van der Waals surface area (Å²) in [7, 11) is 0. The molecule has 0 bridgehead atoms. The minimum atomic E-state index is -0.490. The minimum Gasteiger partial charge on any atom is -0.466 e. The van der Waals surface area contributed by atoms with E-state index in [4.69, 9.17) is 9.57 Å². The first kappa shape index (κ1) is 17.0. The van der Waals surface area contributed by atoms with Gasteiger partial charge in [-0.15, -0.1) is 0 Å². The number of carbonyl (C=O) groups is 1. The molecule has 0 unspecified atom stereocenters. The van der Waals surface area contributed by atoms with Gasteiger partial charge in [0.05, 0.1) is 17.7 Å². The van der Waals surface area contributed by atoms with Crippen molar-refractivity contribution in [3.05, 3.63) is 35.4 Å². The molecular weight excluding hydrogens is 304 g/mol. The number of piperidine rings is 1. The monoisotopic (exact) mass is 330 g/mol. The number of hydrogen-bond acceptors (Lipinski definition) is 5. The lowest BCUT2D eigenvalue weighted by Gasteiger charge is -2.36. The lowest BCUT2D eigenvalue weighted by Crippen LogP contribution is -2.48. The first-order chi connectivity index (χ1) is 11.6. The highest BCUT2D eigenvalue weighted by Gasteiger charge is 2.44. The number of ether oxygens (including phenoxy) is 1. The van der Waals surface area contributed by atoms with Crippen molar-refractivity contribution in [2.75, 3.05) is 19.7 Å². The smallest absolute Gasteiger partial charge is 0.313 e. The third kappa shape index (κ3) is 3.46. The number of nitrogens with zero attached hydrogens (tertiary/aromatic N) is 1. The molecule has 130 valence electrons. The molecule has 2 atom stereocenters. The predicted octanol–water partition coefficient (Wildman–Crippen LogP) is 2.81. The molecule has 5 nitrogen and oxygen atoms in total. The van der Waals surface area contributed by atoms with Crippen molar-refractivity contribution < 1.29 is 14.4 Å². The van der Waals surface area contributed by atoms with E-state index in [2.05, 4.69) is 29.5 Å². The van der Waals surface area contributed by atoms with Crippen LogP contribution in [0.5, 0.6) is 0 Å². The molecule has 2 aliphatic heterocycles. The zero-order valence-corrected chi connectivity index (χ0v) is 14.5. The lowest BCUT2D eigenvalue weighted by molar-refractivity contribution is -0.159. The molecule has 1 aromatic rings. The Balaban J connectivity index is 1.69. The van der Waals surface area contributed by atoms with E-state index in [1.54, 1.807) is 0 Å². The quantitative estimate of drug-likeness (QED) is 0.844. The van der Waals surface area contributed by atoms with Gasteiger partial charge in [0.1, 0.15) is 6.10 Å². The highest BCUT2D eigenvalue weighted by molar-refractivity contribution is 6.02. The van der Waals surface area contributed by atoms with Gasteiger partial charge in [0, 0.05) is 24.9 Å². The number of aryl methyl sites for hydroxylation is 1. The fourth-order valence-electron chi connectivity index (χ4n) is 3.71. The second-order valence-corrected chi connectivity index (χ2v) is 6.77. The van der Waals surface area contributed by atoms with Crippen LogP contribution in [-0.4, -0.2) is 37.5 Å². The summed E-state index contributed by atoms with van der Waals surface area (Å²) in [5, 5.41) is 7.64. The zero-order valence-electron chi connectivity index (χ0n) is 14.5. The Morgan fingerprint density at radius 1 is 1.46 bits per heavy atom. The summed E-state index contributed by atoms with van der Waals surface area (Å²) in [6.45, 7) is 5.96. The van der Waals surface area contributed by atoms with Crippen LogP contribution in [0.3, 0.4) is 0 Å². The van der Waals surface area contributed by atoms with Gasteiger partial charge in [-0.3, -0.25) is 4.79 Å². The van der Waals surface area contributed by atoms with E-state index < -0.39 is 5.41 Å². The molecule has 1 fully saturated rings. The second kappa shape index (κ2) is 7.34. The first-order valence-corrected chi connectivity index (χ1v) is 8.81. The predicted molar refractivity (Wildman–Crippen MR) is 93.0 cm³/mol. The summed E-state index contributed by atoms with van der Waals surface area (Å²) in [6, 6.07) is 8.19. The average Bonchev–Trinajstić information content (AvgIpc) is 3.04. The molecule has 0 radical (unpaired) electrons. The molecule has 1 saturated heterocycles. The van der Waals surface area contributed by atoms with E-state index >= 15 is 0 Å². The molecule has 0 aromatic heterocycles. The fraction of sp³-hybridized carbons (Fsp3) is 0.579. The molecule has 0 saturated carbocycles. The van der Waals surface area contributed by atoms with Crippen LogP contribution < -0.4 is 5.32 Å². The first-order valence-electron chi connectivity index (χ1n) is 8.81. The molecule has 2 heterocycles. The SMILES string of the molecule is CCOC(=O)[C@@]1(C[C@H]2CC(c3ccccc3C)=NO2)CCCNC1. The Morgan fingerprint density at radius 3 is 3.00 bits per heavy atom. The van der Waals surface area contributed by atoms with Crippen LogP contribution in [0.4, 0.5) is 0 Å². The summed E-state index contributed by atoms with van der Waals surface area (Å²) in [6.07, 6.45) is 3.16. The van der Waals surface area contributed by atoms with Crippen molar-refractivity contribution >= 4 is 11.7 Å². The van der Waals surface area contributed by atoms with Crippen LogP contribution in [0.1, 0.15) is 43.7 Å². The Bertz CT molecular complexity index is 621. The van der Waals surface area contributed by atoms with E-state index in [-0.39, 0.29) is 12.1 Å². The largest absolute Gasteiger partial charge is 0.466 e. The highest BCUT2D eigenvalue weighted by atomic mass is 16.6. The van der Waals surface area contributed by atoms with Gasteiger partial charge >= 0.3 is 5.97 Å². The van der Waals surface area contributed by atoms with E-state index in [0.29, 0.717) is 19.6 Å². The molecule has 0 aliphatic carbocycles. The number of benzene rings is 1. The van der Waals surface area contributed by atoms with Crippen LogP contribution >= 0.6 is 0 Å². The van der Waals surface area contributed by atoms with Gasteiger partial charge in [0.2, 0.25) is 0 Å². The number of rotatable bonds is 5. The maximum atomic E-state index is 12.6. The minimum absolute atomic E-state index is 0.0658. The number of nitrogens with one attached hydrogen (secondary N) is 1. The van der Waals surface area contributed by atoms with Crippen molar-refractivity contribution in [1.82, 2.24) is 5.32 Å². The van der Waals surface area contributed by atoms with E-state index in [9.17, 15) is 4.79 Å². The highest BCUT2D eigenvalue weighted by Crippen LogP contribution is 2.36. The van der Waals surface area contributed by atoms with Gasteiger partial charge in [0.25, 0.3) is 0 Å². The maximum absolute atomic E-state index is 12.6. The number of carbonyl (C=O) groups excluding carboxylic acids is 1. The number of esters is 1. The van der Waals surface area contributed by atoms with Crippen LogP contribution in [-0.2, 0) is 14.4 Å². The van der Waals surface area contributed by atoms with E-state index in [0.717, 1.165) is 37.1 Å². The van der Waals surface area contributed by atoms with Gasteiger partial charge in [-0.1, -0.05) is 29.4 Å². The van der Waals surface area contributed by atoms with Crippen LogP contribution in [0, 0.1) is 12.3 Å². The van der Waals surface area contributed by atoms with Crippen LogP contribution in [0.15, 0.2) is 29.4 Å².